The van der Waals surface area contributed by atoms with Crippen molar-refractivity contribution in [2.24, 2.45) is 0 Å². The van der Waals surface area contributed by atoms with E-state index in [0.717, 1.165) is 42.9 Å². The van der Waals surface area contributed by atoms with Crippen LogP contribution in [0.25, 0.3) is 17.3 Å². The minimum absolute atomic E-state index is 0.137. The number of aromatic nitrogens is 2. The maximum atomic E-state index is 14.3. The number of rotatable bonds is 5. The molecule has 1 atom stereocenters. The van der Waals surface area contributed by atoms with Crippen molar-refractivity contribution in [2.45, 2.75) is 37.8 Å². The van der Waals surface area contributed by atoms with Crippen LogP contribution in [0.5, 0.6) is 0 Å². The number of halogens is 1. The second-order valence-electron chi connectivity index (χ2n) is 9.34. The predicted molar refractivity (Wildman–Crippen MR) is 138 cm³/mol. The number of aliphatic hydroxyl groups excluding tert-OH is 1. The van der Waals surface area contributed by atoms with Gasteiger partial charge in [0.2, 0.25) is 0 Å². The van der Waals surface area contributed by atoms with E-state index in [0.29, 0.717) is 42.2 Å². The number of aliphatic hydroxyl groups is 1. The third-order valence-corrected chi connectivity index (χ3v) is 7.05. The molecule has 3 N–H and O–H groups in total. The van der Waals surface area contributed by atoms with Gasteiger partial charge in [-0.05, 0) is 56.0 Å². The van der Waals surface area contributed by atoms with E-state index in [4.69, 9.17) is 5.41 Å². The minimum Gasteiger partial charge on any atom is -0.393 e. The van der Waals surface area contributed by atoms with Crippen LogP contribution in [0.2, 0.25) is 0 Å². The Morgan fingerprint density at radius 3 is 2.75 bits per heavy atom. The molecule has 0 aliphatic carbocycles. The molecule has 0 spiro atoms. The Morgan fingerprint density at radius 2 is 1.97 bits per heavy atom. The lowest BCUT2D eigenvalue weighted by molar-refractivity contribution is 0.145. The van der Waals surface area contributed by atoms with Gasteiger partial charge in [-0.1, -0.05) is 24.3 Å². The Balaban J connectivity index is 1.29. The summed E-state index contributed by atoms with van der Waals surface area (Å²) in [4.78, 5) is 11.7. The van der Waals surface area contributed by atoms with Gasteiger partial charge in [-0.15, -0.1) is 0 Å². The second kappa shape index (κ2) is 10.3. The first-order chi connectivity index (χ1) is 17.5. The fourth-order valence-corrected chi connectivity index (χ4v) is 5.12. The Bertz CT molecular complexity index is 1320. The first-order valence-electron chi connectivity index (χ1n) is 12.3. The van der Waals surface area contributed by atoms with Gasteiger partial charge >= 0.3 is 0 Å². The van der Waals surface area contributed by atoms with Crippen LogP contribution in [0.3, 0.4) is 0 Å². The van der Waals surface area contributed by atoms with Gasteiger partial charge in [0.05, 0.1) is 35.3 Å². The van der Waals surface area contributed by atoms with Crippen LogP contribution < -0.4 is 4.90 Å². The number of imidazole rings is 1. The summed E-state index contributed by atoms with van der Waals surface area (Å²) in [6, 6.07) is 14.7. The highest BCUT2D eigenvalue weighted by atomic mass is 19.1. The van der Waals surface area contributed by atoms with E-state index in [1.807, 2.05) is 29.2 Å². The molecule has 36 heavy (non-hydrogen) atoms. The summed E-state index contributed by atoms with van der Waals surface area (Å²) in [7, 11) is 0. The summed E-state index contributed by atoms with van der Waals surface area (Å²) >= 11 is 0. The molecule has 2 aromatic carbocycles. The summed E-state index contributed by atoms with van der Waals surface area (Å²) in [6.07, 6.45) is 8.03. The molecule has 0 saturated carbocycles. The number of hydrogen-bond donors (Lipinski definition) is 3. The quantitative estimate of drug-likeness (QED) is 0.354. The SMILES string of the molecule is N#Cc1cc(-c2cnc(/C=C\C(=N)N3CCCC3c3ccccc3F)[nH]2)ccc1N1CCC(O)CC1. The molecule has 0 bridgehead atoms. The van der Waals surface area contributed by atoms with Crippen molar-refractivity contribution in [2.75, 3.05) is 24.5 Å². The highest BCUT2D eigenvalue weighted by Gasteiger charge is 2.29. The molecule has 2 aliphatic heterocycles. The molecule has 1 unspecified atom stereocenters. The number of hydrogen-bond acceptors (Lipinski definition) is 5. The summed E-state index contributed by atoms with van der Waals surface area (Å²) < 4.78 is 14.3. The van der Waals surface area contributed by atoms with E-state index in [1.165, 1.54) is 6.07 Å². The number of likely N-dealkylation sites (tertiary alicyclic amines) is 1. The normalized spacial score (nSPS) is 18.6. The predicted octanol–water partition coefficient (Wildman–Crippen LogP) is 4.88. The topological polar surface area (TPSA) is 103 Å². The van der Waals surface area contributed by atoms with Gasteiger partial charge in [0.15, 0.2) is 0 Å². The molecule has 7 nitrogen and oxygen atoms in total. The van der Waals surface area contributed by atoms with Gasteiger partial charge in [0.25, 0.3) is 0 Å². The third kappa shape index (κ3) is 4.88. The van der Waals surface area contributed by atoms with Crippen molar-refractivity contribution in [1.82, 2.24) is 14.9 Å². The number of anilines is 1. The lowest BCUT2D eigenvalue weighted by Gasteiger charge is -2.32. The summed E-state index contributed by atoms with van der Waals surface area (Å²) in [6.45, 7) is 2.18. The van der Waals surface area contributed by atoms with Crippen molar-refractivity contribution >= 4 is 17.6 Å². The average Bonchev–Trinajstić information content (AvgIpc) is 3.58. The lowest BCUT2D eigenvalue weighted by atomic mass is 10.0. The molecule has 1 aromatic heterocycles. The molecule has 0 radical (unpaired) electrons. The van der Waals surface area contributed by atoms with Crippen LogP contribution in [0.15, 0.2) is 54.7 Å². The first kappa shape index (κ1) is 23.8. The van der Waals surface area contributed by atoms with Gasteiger partial charge in [-0.25, -0.2) is 9.37 Å². The molecule has 0 amide bonds. The van der Waals surface area contributed by atoms with E-state index >= 15 is 0 Å². The van der Waals surface area contributed by atoms with E-state index in [2.05, 4.69) is 20.9 Å². The second-order valence-corrected chi connectivity index (χ2v) is 9.34. The van der Waals surface area contributed by atoms with Crippen molar-refractivity contribution in [1.29, 1.82) is 10.7 Å². The molecule has 2 saturated heterocycles. The zero-order chi connectivity index (χ0) is 25.1. The largest absolute Gasteiger partial charge is 0.393 e. The molecule has 3 heterocycles. The standard InChI is InChI=1S/C28H29FN6O/c29-23-5-2-1-4-22(23)26-6-3-13-35(26)27(31)9-10-28-32-18-24(33-28)19-7-8-25(20(16-19)17-30)34-14-11-21(36)12-15-34/h1-2,4-5,7-10,16,18,21,26,31,36H,3,6,11-15H2,(H,32,33)/b10-9-,31-27?. The number of nitriles is 1. The zero-order valence-electron chi connectivity index (χ0n) is 20.0. The number of piperidine rings is 1. The third-order valence-electron chi connectivity index (χ3n) is 7.05. The smallest absolute Gasteiger partial charge is 0.130 e. The average molecular weight is 485 g/mol. The molecule has 8 heteroatoms. The number of nitrogens with zero attached hydrogens (tertiary/aromatic N) is 4. The summed E-state index contributed by atoms with van der Waals surface area (Å²) in [5, 5.41) is 28.1. The van der Waals surface area contributed by atoms with E-state index < -0.39 is 0 Å². The molecule has 2 fully saturated rings. The Hall–Kier alpha value is -3.96. The fourth-order valence-electron chi connectivity index (χ4n) is 5.12. The number of benzene rings is 2. The van der Waals surface area contributed by atoms with Crippen molar-refractivity contribution in [3.8, 4) is 17.3 Å². The number of H-pyrrole nitrogens is 1. The van der Waals surface area contributed by atoms with Crippen molar-refractivity contribution < 1.29 is 9.50 Å². The molecule has 184 valence electrons. The van der Waals surface area contributed by atoms with Gasteiger partial charge < -0.3 is 19.9 Å². The fraction of sp³-hybridized carbons (Fsp3) is 0.321. The van der Waals surface area contributed by atoms with E-state index in [-0.39, 0.29) is 18.0 Å². The Labute approximate surface area is 210 Å². The maximum absolute atomic E-state index is 14.3. The Morgan fingerprint density at radius 1 is 1.17 bits per heavy atom. The van der Waals surface area contributed by atoms with Crippen LogP contribution in [-0.2, 0) is 0 Å². The van der Waals surface area contributed by atoms with Crippen LogP contribution in [-0.4, -0.2) is 51.5 Å². The van der Waals surface area contributed by atoms with Crippen LogP contribution >= 0.6 is 0 Å². The molecular formula is C28H29FN6O. The van der Waals surface area contributed by atoms with Crippen LogP contribution in [0, 0.1) is 22.6 Å². The molecule has 3 aromatic rings. The van der Waals surface area contributed by atoms with E-state index in [1.54, 1.807) is 30.5 Å². The van der Waals surface area contributed by atoms with Gasteiger partial charge in [0.1, 0.15) is 23.5 Å². The van der Waals surface area contributed by atoms with Crippen molar-refractivity contribution in [3.05, 3.63) is 77.5 Å². The minimum atomic E-state index is -0.264. The number of amidine groups is 1. The number of aromatic amines is 1. The van der Waals surface area contributed by atoms with Gasteiger partial charge in [0, 0.05) is 30.8 Å². The van der Waals surface area contributed by atoms with Crippen LogP contribution in [0.4, 0.5) is 10.1 Å². The summed E-state index contributed by atoms with van der Waals surface area (Å²) in [5.74, 6) is 0.688. The van der Waals surface area contributed by atoms with E-state index in [9.17, 15) is 14.8 Å². The Kier molecular flexibility index (Phi) is 6.83. The number of nitrogens with one attached hydrogen (secondary N) is 2. The zero-order valence-corrected chi connectivity index (χ0v) is 20.0. The van der Waals surface area contributed by atoms with Crippen molar-refractivity contribution in [3.63, 3.8) is 0 Å². The van der Waals surface area contributed by atoms with Gasteiger partial charge in [-0.2, -0.15) is 5.26 Å². The first-order valence-corrected chi connectivity index (χ1v) is 12.3. The highest BCUT2D eigenvalue weighted by Crippen LogP contribution is 2.34. The summed E-state index contributed by atoms with van der Waals surface area (Å²) in [5.41, 5.74) is 3.74. The monoisotopic (exact) mass is 484 g/mol. The lowest BCUT2D eigenvalue weighted by Crippen LogP contribution is -2.36. The molecular weight excluding hydrogens is 455 g/mol. The molecule has 5 rings (SSSR count). The highest BCUT2D eigenvalue weighted by molar-refractivity contribution is 5.94. The maximum Gasteiger partial charge on any atom is 0.130 e. The van der Waals surface area contributed by atoms with Gasteiger partial charge in [-0.3, -0.25) is 5.41 Å². The molecule has 2 aliphatic rings. The van der Waals surface area contributed by atoms with Crippen LogP contribution in [0.1, 0.15) is 48.7 Å².